The molecule has 70 valence electrons. The van der Waals surface area contributed by atoms with Gasteiger partial charge in [0.15, 0.2) is 0 Å². The van der Waals surface area contributed by atoms with Crippen molar-refractivity contribution in [3.63, 3.8) is 0 Å². The van der Waals surface area contributed by atoms with E-state index >= 15 is 0 Å². The number of hydrogen-bond donors (Lipinski definition) is 0. The molecule has 0 unspecified atom stereocenters. The Hall–Kier alpha value is -0.110. The smallest absolute Gasteiger partial charge is 0.0894 e. The first-order chi connectivity index (χ1) is 5.33. The van der Waals surface area contributed by atoms with Crippen LogP contribution in [0.4, 0.5) is 4.39 Å². The van der Waals surface area contributed by atoms with Crippen molar-refractivity contribution in [1.82, 2.24) is 0 Å². The zero-order valence-corrected chi connectivity index (χ0v) is 8.03. The van der Waals surface area contributed by atoms with E-state index in [0.717, 1.165) is 32.5 Å². The van der Waals surface area contributed by atoms with Gasteiger partial charge in [-0.2, -0.15) is 0 Å². The zero-order valence-electron chi connectivity index (χ0n) is 8.03. The minimum Gasteiger partial charge on any atom is -0.382 e. The van der Waals surface area contributed by atoms with Gasteiger partial charge in [0.1, 0.15) is 0 Å². The van der Waals surface area contributed by atoms with Crippen molar-refractivity contribution < 1.29 is 9.13 Å². The van der Waals surface area contributed by atoms with Crippen LogP contribution in [0.25, 0.3) is 0 Å². The molecule has 0 bridgehead atoms. The van der Waals surface area contributed by atoms with Crippen LogP contribution in [0.5, 0.6) is 0 Å². The number of alkyl halides is 1. The zero-order chi connectivity index (χ0) is 8.95. The monoisotopic (exact) mass is 164 g/mol. The van der Waals surface area contributed by atoms with Gasteiger partial charge in [0.2, 0.25) is 0 Å². The Morgan fingerprint density at radius 3 is 1.64 bits per heavy atom. The van der Waals surface area contributed by atoms with Gasteiger partial charge in [0.25, 0.3) is 0 Å². The van der Waals surface area contributed by atoms with Gasteiger partial charge in [-0.3, -0.25) is 4.39 Å². The van der Waals surface area contributed by atoms with Crippen molar-refractivity contribution in [1.29, 1.82) is 0 Å². The van der Waals surface area contributed by atoms with E-state index in [-0.39, 0.29) is 6.67 Å². The van der Waals surface area contributed by atoms with Crippen LogP contribution in [0.15, 0.2) is 0 Å². The lowest BCUT2D eigenvalue weighted by Crippen LogP contribution is -1.84. The van der Waals surface area contributed by atoms with Gasteiger partial charge in [-0.05, 0) is 20.3 Å². The maximum atomic E-state index is 11.2. The first-order valence-electron chi connectivity index (χ1n) is 4.47. The van der Waals surface area contributed by atoms with Crippen molar-refractivity contribution in [3.8, 4) is 0 Å². The summed E-state index contributed by atoms with van der Waals surface area (Å²) in [6.45, 7) is 7.59. The number of unbranched alkanes of at least 4 members (excludes halogenated alkanes) is 2. The van der Waals surface area contributed by atoms with Crippen LogP contribution in [0.1, 0.15) is 40.0 Å². The molecular formula is C9H21FO. The summed E-state index contributed by atoms with van der Waals surface area (Å²) in [6, 6.07) is 0. The predicted molar refractivity (Wildman–Crippen MR) is 47.7 cm³/mol. The first kappa shape index (κ1) is 13.5. The van der Waals surface area contributed by atoms with E-state index in [1.807, 2.05) is 13.8 Å². The van der Waals surface area contributed by atoms with Gasteiger partial charge in [-0.1, -0.05) is 19.8 Å². The molecule has 0 rings (SSSR count). The quantitative estimate of drug-likeness (QED) is 0.567. The molecule has 0 aromatic carbocycles. The van der Waals surface area contributed by atoms with E-state index in [9.17, 15) is 4.39 Å². The standard InChI is InChI=1S/C5H11F.C4H10O/c1-2-3-4-5-6;1-3-5-4-2/h2-5H2,1H3;3-4H2,1-2H3. The summed E-state index contributed by atoms with van der Waals surface area (Å²) in [6.07, 6.45) is 2.90. The van der Waals surface area contributed by atoms with Crippen LogP contribution in [0.2, 0.25) is 0 Å². The summed E-state index contributed by atoms with van der Waals surface area (Å²) in [4.78, 5) is 0. The molecule has 1 nitrogen and oxygen atoms in total. The number of halogens is 1. The molecule has 0 aliphatic carbocycles. The van der Waals surface area contributed by atoms with Crippen molar-refractivity contribution in [3.05, 3.63) is 0 Å². The maximum absolute atomic E-state index is 11.2. The second-order valence-electron chi connectivity index (χ2n) is 2.18. The molecule has 0 fully saturated rings. The van der Waals surface area contributed by atoms with Crippen molar-refractivity contribution in [2.45, 2.75) is 40.0 Å². The normalized spacial score (nSPS) is 8.73. The minimum atomic E-state index is -0.145. The second-order valence-corrected chi connectivity index (χ2v) is 2.18. The third-order valence-corrected chi connectivity index (χ3v) is 1.15. The molecular weight excluding hydrogens is 143 g/mol. The van der Waals surface area contributed by atoms with Crippen LogP contribution >= 0.6 is 0 Å². The molecule has 0 atom stereocenters. The molecule has 0 aromatic rings. The summed E-state index contributed by atoms with van der Waals surface area (Å²) in [7, 11) is 0. The molecule has 0 aliphatic heterocycles. The van der Waals surface area contributed by atoms with E-state index < -0.39 is 0 Å². The van der Waals surface area contributed by atoms with Crippen LogP contribution in [0.3, 0.4) is 0 Å². The molecule has 0 aromatic heterocycles. The van der Waals surface area contributed by atoms with Crippen molar-refractivity contribution in [2.75, 3.05) is 19.9 Å². The third kappa shape index (κ3) is 25.7. The molecule has 0 spiro atoms. The van der Waals surface area contributed by atoms with Gasteiger partial charge in [-0.25, -0.2) is 0 Å². The largest absolute Gasteiger partial charge is 0.382 e. The molecule has 2 heteroatoms. The average molecular weight is 164 g/mol. The van der Waals surface area contributed by atoms with E-state index in [4.69, 9.17) is 4.74 Å². The molecule has 0 saturated heterocycles. The average Bonchev–Trinajstić information content (AvgIpc) is 2.04. The highest BCUT2D eigenvalue weighted by Gasteiger charge is 1.78. The Morgan fingerprint density at radius 1 is 1.00 bits per heavy atom. The Balaban J connectivity index is 0. The lowest BCUT2D eigenvalue weighted by molar-refractivity contribution is 0.162. The molecule has 0 amide bonds. The van der Waals surface area contributed by atoms with E-state index in [0.29, 0.717) is 0 Å². The fourth-order valence-electron chi connectivity index (χ4n) is 0.549. The Kier molecular flexibility index (Phi) is 20.2. The number of hydrogen-bond acceptors (Lipinski definition) is 1. The molecule has 0 aliphatic rings. The lowest BCUT2D eigenvalue weighted by Gasteiger charge is -1.86. The fraction of sp³-hybridized carbons (Fsp3) is 1.00. The highest BCUT2D eigenvalue weighted by atomic mass is 19.1. The Bertz CT molecular complexity index is 42.8. The number of rotatable bonds is 5. The predicted octanol–water partition coefficient (Wildman–Crippen LogP) is 3.19. The van der Waals surface area contributed by atoms with E-state index in [1.165, 1.54) is 0 Å². The summed E-state index contributed by atoms with van der Waals surface area (Å²) in [5.74, 6) is 0. The third-order valence-electron chi connectivity index (χ3n) is 1.15. The van der Waals surface area contributed by atoms with Crippen LogP contribution in [0, 0.1) is 0 Å². The summed E-state index contributed by atoms with van der Waals surface area (Å²) < 4.78 is 16.0. The molecule has 0 heterocycles. The molecule has 11 heavy (non-hydrogen) atoms. The molecule has 0 N–H and O–H groups in total. The molecule has 0 saturated carbocycles. The van der Waals surface area contributed by atoms with Crippen molar-refractivity contribution >= 4 is 0 Å². The Morgan fingerprint density at radius 2 is 1.55 bits per heavy atom. The second kappa shape index (κ2) is 16.5. The summed E-state index contributed by atoms with van der Waals surface area (Å²) in [5.41, 5.74) is 0. The van der Waals surface area contributed by atoms with Gasteiger partial charge in [-0.15, -0.1) is 0 Å². The topological polar surface area (TPSA) is 9.23 Å². The molecule has 0 radical (unpaired) electrons. The van der Waals surface area contributed by atoms with Crippen LogP contribution < -0.4 is 0 Å². The highest BCUT2D eigenvalue weighted by Crippen LogP contribution is 1.91. The van der Waals surface area contributed by atoms with Crippen molar-refractivity contribution in [2.24, 2.45) is 0 Å². The maximum Gasteiger partial charge on any atom is 0.0894 e. The summed E-state index contributed by atoms with van der Waals surface area (Å²) >= 11 is 0. The lowest BCUT2D eigenvalue weighted by atomic mass is 10.3. The van der Waals surface area contributed by atoms with E-state index in [1.54, 1.807) is 0 Å². The first-order valence-corrected chi connectivity index (χ1v) is 4.47. The SMILES string of the molecule is CCCCCF.CCOCC. The van der Waals surface area contributed by atoms with Gasteiger partial charge in [0, 0.05) is 13.2 Å². The van der Waals surface area contributed by atoms with E-state index in [2.05, 4.69) is 6.92 Å². The van der Waals surface area contributed by atoms with Gasteiger partial charge in [0.05, 0.1) is 6.67 Å². The minimum absolute atomic E-state index is 0.145. The highest BCUT2D eigenvalue weighted by molar-refractivity contribution is 4.31. The Labute approximate surface area is 69.9 Å². The van der Waals surface area contributed by atoms with Crippen LogP contribution in [-0.4, -0.2) is 19.9 Å². The summed E-state index contributed by atoms with van der Waals surface area (Å²) in [5, 5.41) is 0. The van der Waals surface area contributed by atoms with Crippen LogP contribution in [-0.2, 0) is 4.74 Å². The van der Waals surface area contributed by atoms with Gasteiger partial charge >= 0.3 is 0 Å². The fourth-order valence-corrected chi connectivity index (χ4v) is 0.549. The number of ether oxygens (including phenoxy) is 1. The van der Waals surface area contributed by atoms with Gasteiger partial charge < -0.3 is 4.74 Å².